The number of imidazole rings is 1. The van der Waals surface area contributed by atoms with Crippen LogP contribution >= 0.6 is 0 Å². The van der Waals surface area contributed by atoms with Gasteiger partial charge in [0.2, 0.25) is 5.91 Å². The van der Waals surface area contributed by atoms with Crippen LogP contribution in [0, 0.1) is 5.92 Å². The van der Waals surface area contributed by atoms with Crippen LogP contribution in [0.15, 0.2) is 54.6 Å². The zero-order valence-electron chi connectivity index (χ0n) is 15.8. The number of aliphatic carboxylic acids is 1. The smallest absolute Gasteiger partial charge is 0.308 e. The molecule has 0 saturated heterocycles. The summed E-state index contributed by atoms with van der Waals surface area (Å²) in [6.07, 6.45) is 0. The van der Waals surface area contributed by atoms with E-state index >= 15 is 0 Å². The Labute approximate surface area is 163 Å². The third-order valence-electron chi connectivity index (χ3n) is 4.67. The maximum absolute atomic E-state index is 12.5. The van der Waals surface area contributed by atoms with E-state index in [0.29, 0.717) is 5.82 Å². The molecule has 2 unspecified atom stereocenters. The van der Waals surface area contributed by atoms with Crippen LogP contribution in [-0.2, 0) is 22.7 Å². The number of carboxylic acids is 1. The van der Waals surface area contributed by atoms with Gasteiger partial charge in [-0.25, -0.2) is 4.98 Å². The van der Waals surface area contributed by atoms with E-state index in [1.165, 1.54) is 0 Å². The molecule has 7 heteroatoms. The normalized spacial score (nSPS) is 13.1. The van der Waals surface area contributed by atoms with Crippen molar-refractivity contribution in [3.63, 3.8) is 0 Å². The van der Waals surface area contributed by atoms with Gasteiger partial charge in [0.25, 0.3) is 0 Å². The van der Waals surface area contributed by atoms with Crippen molar-refractivity contribution >= 4 is 22.9 Å². The fraction of sp³-hybridized carbons (Fsp3) is 0.286. The maximum Gasteiger partial charge on any atom is 0.308 e. The second-order valence-corrected chi connectivity index (χ2v) is 6.69. The van der Waals surface area contributed by atoms with Crippen molar-refractivity contribution in [1.29, 1.82) is 0 Å². The van der Waals surface area contributed by atoms with E-state index < -0.39 is 17.9 Å². The molecule has 1 aromatic heterocycles. The topological polar surface area (TPSA) is 93.5 Å². The lowest BCUT2D eigenvalue weighted by Crippen LogP contribution is -2.41. The SMILES string of the molecule is CC(NC(=O)Cn1c(COc2ccccc2)nc2ccccc21)C(C)C(=O)O. The average molecular weight is 381 g/mol. The van der Waals surface area contributed by atoms with Crippen molar-refractivity contribution in [2.24, 2.45) is 5.92 Å². The highest BCUT2D eigenvalue weighted by Crippen LogP contribution is 2.18. The molecule has 1 amide bonds. The lowest BCUT2D eigenvalue weighted by atomic mass is 10.0. The number of nitrogens with zero attached hydrogens (tertiary/aromatic N) is 2. The van der Waals surface area contributed by atoms with Crippen LogP contribution in [0.25, 0.3) is 11.0 Å². The molecular formula is C21H23N3O4. The van der Waals surface area contributed by atoms with Gasteiger partial charge in [-0.15, -0.1) is 0 Å². The van der Waals surface area contributed by atoms with E-state index in [4.69, 9.17) is 9.84 Å². The Morgan fingerprint density at radius 3 is 2.50 bits per heavy atom. The van der Waals surface area contributed by atoms with Gasteiger partial charge in [0.15, 0.2) is 0 Å². The quantitative estimate of drug-likeness (QED) is 0.626. The fourth-order valence-corrected chi connectivity index (χ4v) is 2.86. The highest BCUT2D eigenvalue weighted by molar-refractivity contribution is 5.81. The van der Waals surface area contributed by atoms with Gasteiger partial charge >= 0.3 is 5.97 Å². The van der Waals surface area contributed by atoms with E-state index in [1.807, 2.05) is 54.6 Å². The standard InChI is InChI=1S/C21H23N3O4/c1-14(21(26)27)15(2)22-20(25)12-24-18-11-7-6-10-17(18)23-19(24)13-28-16-8-4-3-5-9-16/h3-11,14-15H,12-13H2,1-2H3,(H,22,25)(H,26,27). The molecular weight excluding hydrogens is 358 g/mol. The molecule has 0 aliphatic rings. The minimum absolute atomic E-state index is 0.0324. The number of para-hydroxylation sites is 3. The third-order valence-corrected chi connectivity index (χ3v) is 4.67. The molecule has 146 valence electrons. The molecule has 3 rings (SSSR count). The molecule has 0 aliphatic carbocycles. The van der Waals surface area contributed by atoms with Crippen LogP contribution in [0.4, 0.5) is 0 Å². The first kappa shape index (κ1) is 19.4. The van der Waals surface area contributed by atoms with Crippen LogP contribution in [-0.4, -0.2) is 32.6 Å². The second-order valence-electron chi connectivity index (χ2n) is 6.69. The predicted molar refractivity (Wildman–Crippen MR) is 105 cm³/mol. The Morgan fingerprint density at radius 2 is 1.79 bits per heavy atom. The number of aromatic nitrogens is 2. The summed E-state index contributed by atoms with van der Waals surface area (Å²) in [7, 11) is 0. The molecule has 0 fully saturated rings. The van der Waals surface area contributed by atoms with Crippen molar-refractivity contribution in [3.05, 3.63) is 60.4 Å². The van der Waals surface area contributed by atoms with Crippen LogP contribution in [0.2, 0.25) is 0 Å². The van der Waals surface area contributed by atoms with Crippen LogP contribution in [0.3, 0.4) is 0 Å². The molecule has 2 aromatic carbocycles. The zero-order chi connectivity index (χ0) is 20.1. The van der Waals surface area contributed by atoms with Crippen molar-refractivity contribution in [2.45, 2.75) is 33.0 Å². The second kappa shape index (κ2) is 8.56. The van der Waals surface area contributed by atoms with Gasteiger partial charge < -0.3 is 19.7 Å². The van der Waals surface area contributed by atoms with Gasteiger partial charge in [0, 0.05) is 6.04 Å². The number of amides is 1. The van der Waals surface area contributed by atoms with Gasteiger partial charge in [-0.2, -0.15) is 0 Å². The molecule has 3 aromatic rings. The Hall–Kier alpha value is -3.35. The number of ether oxygens (including phenoxy) is 1. The van der Waals surface area contributed by atoms with Gasteiger partial charge in [0.05, 0.1) is 17.0 Å². The Bertz CT molecular complexity index is 968. The van der Waals surface area contributed by atoms with Gasteiger partial charge in [-0.1, -0.05) is 30.3 Å². The lowest BCUT2D eigenvalue weighted by molar-refractivity contribution is -0.142. The van der Waals surface area contributed by atoms with Crippen molar-refractivity contribution in [3.8, 4) is 5.75 Å². The number of hydrogen-bond donors (Lipinski definition) is 2. The van der Waals surface area contributed by atoms with E-state index in [2.05, 4.69) is 10.3 Å². The number of nitrogens with one attached hydrogen (secondary N) is 1. The summed E-state index contributed by atoms with van der Waals surface area (Å²) in [5.74, 6) is -0.555. The van der Waals surface area contributed by atoms with Crippen LogP contribution in [0.1, 0.15) is 19.7 Å². The summed E-state index contributed by atoms with van der Waals surface area (Å²) in [6.45, 7) is 3.50. The van der Waals surface area contributed by atoms with Gasteiger partial charge in [0.1, 0.15) is 24.7 Å². The van der Waals surface area contributed by atoms with Crippen molar-refractivity contribution in [1.82, 2.24) is 14.9 Å². The monoisotopic (exact) mass is 381 g/mol. The van der Waals surface area contributed by atoms with Crippen molar-refractivity contribution in [2.75, 3.05) is 0 Å². The van der Waals surface area contributed by atoms with Crippen LogP contribution < -0.4 is 10.1 Å². The molecule has 2 N–H and O–H groups in total. The molecule has 0 bridgehead atoms. The number of carboxylic acid groups (broad SMARTS) is 1. The first-order chi connectivity index (χ1) is 13.5. The van der Waals surface area contributed by atoms with Crippen LogP contribution in [0.5, 0.6) is 5.75 Å². The summed E-state index contributed by atoms with van der Waals surface area (Å²) < 4.78 is 7.60. The number of carbonyl (C=O) groups excluding carboxylic acids is 1. The first-order valence-corrected chi connectivity index (χ1v) is 9.10. The molecule has 0 radical (unpaired) electrons. The molecule has 28 heavy (non-hydrogen) atoms. The number of carbonyl (C=O) groups is 2. The highest BCUT2D eigenvalue weighted by Gasteiger charge is 2.22. The van der Waals surface area contributed by atoms with E-state index in [-0.39, 0.29) is 19.1 Å². The predicted octanol–water partition coefficient (Wildman–Crippen LogP) is 2.84. The molecule has 0 spiro atoms. The Balaban J connectivity index is 1.78. The summed E-state index contributed by atoms with van der Waals surface area (Å²) in [4.78, 5) is 28.2. The highest BCUT2D eigenvalue weighted by atomic mass is 16.5. The number of hydrogen-bond acceptors (Lipinski definition) is 4. The summed E-state index contributed by atoms with van der Waals surface area (Å²) in [5, 5.41) is 11.9. The van der Waals surface area contributed by atoms with Gasteiger partial charge in [-0.05, 0) is 38.1 Å². The largest absolute Gasteiger partial charge is 0.486 e. The molecule has 2 atom stereocenters. The first-order valence-electron chi connectivity index (χ1n) is 9.10. The zero-order valence-corrected chi connectivity index (χ0v) is 15.8. The van der Waals surface area contributed by atoms with E-state index in [0.717, 1.165) is 16.8 Å². The Morgan fingerprint density at radius 1 is 1.11 bits per heavy atom. The number of benzene rings is 2. The summed E-state index contributed by atoms with van der Waals surface area (Å²) in [5.41, 5.74) is 1.59. The van der Waals surface area contributed by atoms with Gasteiger partial charge in [-0.3, -0.25) is 9.59 Å². The van der Waals surface area contributed by atoms with E-state index in [9.17, 15) is 9.59 Å². The maximum atomic E-state index is 12.5. The number of fused-ring (bicyclic) bond motifs is 1. The van der Waals surface area contributed by atoms with Crippen molar-refractivity contribution < 1.29 is 19.4 Å². The third kappa shape index (κ3) is 4.49. The number of rotatable bonds is 8. The average Bonchev–Trinajstić information content (AvgIpc) is 3.03. The fourth-order valence-electron chi connectivity index (χ4n) is 2.86. The molecule has 0 aliphatic heterocycles. The lowest BCUT2D eigenvalue weighted by Gasteiger charge is -2.18. The molecule has 1 heterocycles. The molecule has 7 nitrogen and oxygen atoms in total. The van der Waals surface area contributed by atoms with E-state index in [1.54, 1.807) is 18.4 Å². The Kier molecular flexibility index (Phi) is 5.93. The minimum atomic E-state index is -0.946. The minimum Gasteiger partial charge on any atom is -0.486 e. The summed E-state index contributed by atoms with van der Waals surface area (Å²) in [6, 6.07) is 16.5. The molecule has 0 saturated carbocycles. The summed E-state index contributed by atoms with van der Waals surface area (Å²) >= 11 is 0.